The zero-order chi connectivity index (χ0) is 11.6. The second kappa shape index (κ2) is 4.69. The monoisotopic (exact) mass is 329 g/mol. The van der Waals surface area contributed by atoms with E-state index in [0.717, 1.165) is 13.2 Å². The van der Waals surface area contributed by atoms with Gasteiger partial charge in [0.25, 0.3) is 6.43 Å². The molecular formula is C8H6F2INO3. The number of pyridine rings is 1. The Kier molecular flexibility index (Phi) is 3.77. The standard InChI is InChI=1S/C8H6F2INO3/c1-15-8(14)3-2-4(13)5(6(9)10)12-7(3)11/h2,6,13H,1H3. The number of methoxy groups -OCH3 is 1. The summed E-state index contributed by atoms with van der Waals surface area (Å²) in [6.45, 7) is 0. The molecule has 1 N–H and O–H groups in total. The number of ether oxygens (including phenoxy) is 1. The van der Waals surface area contributed by atoms with Gasteiger partial charge in [0.2, 0.25) is 0 Å². The van der Waals surface area contributed by atoms with Crippen molar-refractivity contribution in [2.45, 2.75) is 6.43 Å². The summed E-state index contributed by atoms with van der Waals surface area (Å²) in [5.74, 6) is -1.45. The van der Waals surface area contributed by atoms with E-state index in [0.29, 0.717) is 0 Å². The van der Waals surface area contributed by atoms with Gasteiger partial charge >= 0.3 is 5.97 Å². The number of hydrogen-bond acceptors (Lipinski definition) is 4. The zero-order valence-electron chi connectivity index (χ0n) is 7.50. The van der Waals surface area contributed by atoms with Gasteiger partial charge in [0.05, 0.1) is 12.7 Å². The Morgan fingerprint density at radius 1 is 1.67 bits per heavy atom. The number of carbonyl (C=O) groups is 1. The summed E-state index contributed by atoms with van der Waals surface area (Å²) in [6, 6.07) is 0.919. The van der Waals surface area contributed by atoms with E-state index < -0.39 is 23.8 Å². The number of hydrogen-bond donors (Lipinski definition) is 1. The van der Waals surface area contributed by atoms with Gasteiger partial charge in [-0.3, -0.25) is 0 Å². The van der Waals surface area contributed by atoms with Crippen LogP contribution in [-0.2, 0) is 4.74 Å². The fraction of sp³-hybridized carbons (Fsp3) is 0.250. The third-order valence-corrected chi connectivity index (χ3v) is 2.42. The summed E-state index contributed by atoms with van der Waals surface area (Å²) in [5.41, 5.74) is -0.785. The minimum Gasteiger partial charge on any atom is -0.506 e. The first kappa shape index (κ1) is 12.1. The van der Waals surface area contributed by atoms with Gasteiger partial charge in [-0.15, -0.1) is 0 Å². The van der Waals surface area contributed by atoms with E-state index in [1.807, 2.05) is 0 Å². The molecule has 1 aromatic rings. The first-order valence-corrected chi connectivity index (χ1v) is 4.81. The number of carbonyl (C=O) groups excluding carboxylic acids is 1. The summed E-state index contributed by atoms with van der Waals surface area (Å²) < 4.78 is 29.0. The number of nitrogens with zero attached hydrogens (tertiary/aromatic N) is 1. The lowest BCUT2D eigenvalue weighted by molar-refractivity contribution is 0.0597. The lowest BCUT2D eigenvalue weighted by Gasteiger charge is -2.06. The lowest BCUT2D eigenvalue weighted by atomic mass is 10.2. The molecule has 0 aromatic carbocycles. The third kappa shape index (κ3) is 2.52. The third-order valence-electron chi connectivity index (χ3n) is 1.60. The number of esters is 1. The van der Waals surface area contributed by atoms with E-state index in [1.54, 1.807) is 22.6 Å². The van der Waals surface area contributed by atoms with E-state index in [2.05, 4.69) is 9.72 Å². The number of halogens is 3. The molecule has 0 fully saturated rings. The maximum Gasteiger partial charge on any atom is 0.340 e. The fourth-order valence-corrected chi connectivity index (χ4v) is 1.54. The Bertz CT molecular complexity index is 398. The van der Waals surface area contributed by atoms with Gasteiger partial charge in [-0.25, -0.2) is 18.6 Å². The van der Waals surface area contributed by atoms with Crippen molar-refractivity contribution >= 4 is 28.6 Å². The number of aromatic nitrogens is 1. The molecule has 1 heterocycles. The van der Waals surface area contributed by atoms with Crippen LogP contribution >= 0.6 is 22.6 Å². The van der Waals surface area contributed by atoms with Crippen molar-refractivity contribution in [1.29, 1.82) is 0 Å². The topological polar surface area (TPSA) is 59.4 Å². The van der Waals surface area contributed by atoms with Crippen LogP contribution in [0.25, 0.3) is 0 Å². The maximum absolute atomic E-state index is 12.3. The molecule has 82 valence electrons. The van der Waals surface area contributed by atoms with Gasteiger partial charge in [0.15, 0.2) is 0 Å². The van der Waals surface area contributed by atoms with Crippen molar-refractivity contribution in [3.05, 3.63) is 21.0 Å². The predicted octanol–water partition coefficient (Wildman–Crippen LogP) is 2.12. The Morgan fingerprint density at radius 3 is 2.73 bits per heavy atom. The quantitative estimate of drug-likeness (QED) is 0.513. The summed E-state index contributed by atoms with van der Waals surface area (Å²) in [4.78, 5) is 14.5. The largest absolute Gasteiger partial charge is 0.506 e. The molecule has 15 heavy (non-hydrogen) atoms. The maximum atomic E-state index is 12.3. The summed E-state index contributed by atoms with van der Waals surface area (Å²) >= 11 is 1.62. The fourth-order valence-electron chi connectivity index (χ4n) is 0.907. The first-order chi connectivity index (χ1) is 6.97. The smallest absolute Gasteiger partial charge is 0.340 e. The Hall–Kier alpha value is -0.990. The normalized spacial score (nSPS) is 10.5. The Morgan fingerprint density at radius 2 is 2.27 bits per heavy atom. The second-order valence-corrected chi connectivity index (χ2v) is 3.55. The van der Waals surface area contributed by atoms with Gasteiger partial charge < -0.3 is 9.84 Å². The van der Waals surface area contributed by atoms with Crippen LogP contribution < -0.4 is 0 Å². The molecule has 0 aliphatic carbocycles. The van der Waals surface area contributed by atoms with Crippen molar-refractivity contribution < 1.29 is 23.4 Å². The number of rotatable bonds is 2. The van der Waals surface area contributed by atoms with Crippen LogP contribution in [-0.4, -0.2) is 23.2 Å². The van der Waals surface area contributed by atoms with E-state index in [-0.39, 0.29) is 9.26 Å². The van der Waals surface area contributed by atoms with Crippen LogP contribution in [0.5, 0.6) is 5.75 Å². The van der Waals surface area contributed by atoms with Crippen molar-refractivity contribution in [3.8, 4) is 5.75 Å². The van der Waals surface area contributed by atoms with Crippen LogP contribution in [0.15, 0.2) is 6.07 Å². The zero-order valence-corrected chi connectivity index (χ0v) is 9.66. The number of aromatic hydroxyl groups is 1. The van der Waals surface area contributed by atoms with Gasteiger partial charge in [-0.2, -0.15) is 0 Å². The van der Waals surface area contributed by atoms with Crippen LogP contribution in [0, 0.1) is 3.70 Å². The highest BCUT2D eigenvalue weighted by molar-refractivity contribution is 14.1. The molecule has 0 saturated heterocycles. The van der Waals surface area contributed by atoms with Gasteiger partial charge in [-0.1, -0.05) is 0 Å². The molecule has 0 amide bonds. The molecule has 0 aliphatic rings. The van der Waals surface area contributed by atoms with E-state index in [4.69, 9.17) is 0 Å². The van der Waals surface area contributed by atoms with Gasteiger partial charge in [0, 0.05) is 0 Å². The van der Waals surface area contributed by atoms with E-state index in [9.17, 15) is 18.7 Å². The molecule has 0 saturated carbocycles. The highest BCUT2D eigenvalue weighted by Gasteiger charge is 2.20. The lowest BCUT2D eigenvalue weighted by Crippen LogP contribution is -2.07. The molecule has 4 nitrogen and oxygen atoms in total. The van der Waals surface area contributed by atoms with Crippen LogP contribution in [0.3, 0.4) is 0 Å². The van der Waals surface area contributed by atoms with Crippen LogP contribution in [0.4, 0.5) is 8.78 Å². The average molecular weight is 329 g/mol. The number of alkyl halides is 2. The second-order valence-electron chi connectivity index (χ2n) is 2.52. The summed E-state index contributed by atoms with van der Waals surface area (Å²) in [5, 5.41) is 9.18. The SMILES string of the molecule is COC(=O)c1cc(O)c(C(F)F)nc1I. The minimum absolute atomic E-state index is 0.0417. The predicted molar refractivity (Wildman–Crippen MR) is 54.9 cm³/mol. The molecule has 7 heteroatoms. The molecule has 0 bridgehead atoms. The highest BCUT2D eigenvalue weighted by atomic mass is 127. The molecule has 1 aromatic heterocycles. The molecule has 0 radical (unpaired) electrons. The molecule has 0 spiro atoms. The minimum atomic E-state index is -2.88. The molecule has 0 atom stereocenters. The highest BCUT2D eigenvalue weighted by Crippen LogP contribution is 2.28. The van der Waals surface area contributed by atoms with Gasteiger partial charge in [0.1, 0.15) is 15.1 Å². The van der Waals surface area contributed by atoms with Crippen molar-refractivity contribution in [1.82, 2.24) is 4.98 Å². The summed E-state index contributed by atoms with van der Waals surface area (Å²) in [7, 11) is 1.15. The van der Waals surface area contributed by atoms with Crippen molar-refractivity contribution in [2.24, 2.45) is 0 Å². The average Bonchev–Trinajstić information content (AvgIpc) is 2.19. The molecule has 0 unspecified atom stereocenters. The molecular weight excluding hydrogens is 323 g/mol. The van der Waals surface area contributed by atoms with Crippen LogP contribution in [0.1, 0.15) is 22.5 Å². The van der Waals surface area contributed by atoms with Gasteiger partial charge in [-0.05, 0) is 28.7 Å². The molecule has 1 rings (SSSR count). The van der Waals surface area contributed by atoms with E-state index in [1.165, 1.54) is 0 Å². The van der Waals surface area contributed by atoms with Crippen molar-refractivity contribution in [3.63, 3.8) is 0 Å². The first-order valence-electron chi connectivity index (χ1n) is 3.73. The Labute approximate surface area is 97.4 Å². The van der Waals surface area contributed by atoms with Crippen LogP contribution in [0.2, 0.25) is 0 Å². The Balaban J connectivity index is 3.25. The van der Waals surface area contributed by atoms with E-state index >= 15 is 0 Å². The molecule has 0 aliphatic heterocycles. The summed E-state index contributed by atoms with van der Waals surface area (Å²) in [6.07, 6.45) is -2.88. The van der Waals surface area contributed by atoms with Crippen molar-refractivity contribution in [2.75, 3.05) is 7.11 Å².